The molecular weight excluding hydrogens is 202 g/mol. The maximum Gasteiger partial charge on any atom is 0.0746 e. The Labute approximate surface area is 99.8 Å². The number of hydrogen-bond acceptors (Lipinski definition) is 3. The lowest BCUT2D eigenvalue weighted by Crippen LogP contribution is -2.45. The standard InChI is InChI=1S/C13H27NO2/c1-13(2,15)12-8-7-10-14(12)9-5-4-6-11-16-3/h12,15H,4-11H2,1-3H3. The van der Waals surface area contributed by atoms with E-state index < -0.39 is 5.60 Å². The van der Waals surface area contributed by atoms with Gasteiger partial charge in [-0.3, -0.25) is 4.90 Å². The molecule has 0 aromatic heterocycles. The zero-order valence-corrected chi connectivity index (χ0v) is 11.0. The number of methoxy groups -OCH3 is 1. The molecule has 0 amide bonds. The van der Waals surface area contributed by atoms with Crippen LogP contribution in [0.5, 0.6) is 0 Å². The van der Waals surface area contributed by atoms with E-state index in [2.05, 4.69) is 4.90 Å². The number of ether oxygens (including phenoxy) is 1. The quantitative estimate of drug-likeness (QED) is 0.678. The van der Waals surface area contributed by atoms with Crippen molar-refractivity contribution >= 4 is 0 Å². The second kappa shape index (κ2) is 6.58. The average molecular weight is 229 g/mol. The van der Waals surface area contributed by atoms with Gasteiger partial charge in [-0.2, -0.15) is 0 Å². The summed E-state index contributed by atoms with van der Waals surface area (Å²) in [6, 6.07) is 0.356. The van der Waals surface area contributed by atoms with E-state index >= 15 is 0 Å². The minimum atomic E-state index is -0.553. The molecule has 1 atom stereocenters. The Morgan fingerprint density at radius 1 is 1.31 bits per heavy atom. The summed E-state index contributed by atoms with van der Waals surface area (Å²) in [6.45, 7) is 7.01. The summed E-state index contributed by atoms with van der Waals surface area (Å²) in [4.78, 5) is 2.45. The number of rotatable bonds is 7. The summed E-state index contributed by atoms with van der Waals surface area (Å²) in [5.41, 5.74) is -0.553. The predicted octanol–water partition coefficient (Wildman–Crippen LogP) is 2.04. The van der Waals surface area contributed by atoms with E-state index in [-0.39, 0.29) is 0 Å². The van der Waals surface area contributed by atoms with Gasteiger partial charge in [-0.1, -0.05) is 0 Å². The van der Waals surface area contributed by atoms with Crippen molar-refractivity contribution in [3.8, 4) is 0 Å². The van der Waals surface area contributed by atoms with Gasteiger partial charge < -0.3 is 9.84 Å². The fraction of sp³-hybridized carbons (Fsp3) is 1.00. The van der Waals surface area contributed by atoms with Crippen molar-refractivity contribution in [2.24, 2.45) is 0 Å². The first kappa shape index (κ1) is 13.9. The van der Waals surface area contributed by atoms with Crippen LogP contribution < -0.4 is 0 Å². The van der Waals surface area contributed by atoms with Crippen molar-refractivity contribution in [3.05, 3.63) is 0 Å². The lowest BCUT2D eigenvalue weighted by Gasteiger charge is -2.33. The van der Waals surface area contributed by atoms with Gasteiger partial charge >= 0.3 is 0 Å². The van der Waals surface area contributed by atoms with E-state index in [1.165, 1.54) is 19.3 Å². The number of aliphatic hydroxyl groups is 1. The highest BCUT2D eigenvalue weighted by atomic mass is 16.5. The van der Waals surface area contributed by atoms with Crippen LogP contribution in [0.4, 0.5) is 0 Å². The molecule has 1 N–H and O–H groups in total. The topological polar surface area (TPSA) is 32.7 Å². The molecular formula is C13H27NO2. The molecule has 1 unspecified atom stereocenters. The van der Waals surface area contributed by atoms with Crippen LogP contribution in [0.1, 0.15) is 46.0 Å². The van der Waals surface area contributed by atoms with Crippen molar-refractivity contribution in [3.63, 3.8) is 0 Å². The number of likely N-dealkylation sites (tertiary alicyclic amines) is 1. The molecule has 0 aromatic carbocycles. The largest absolute Gasteiger partial charge is 0.389 e. The van der Waals surface area contributed by atoms with Gasteiger partial charge in [0.15, 0.2) is 0 Å². The van der Waals surface area contributed by atoms with E-state index in [1.54, 1.807) is 7.11 Å². The Balaban J connectivity index is 2.20. The van der Waals surface area contributed by atoms with E-state index in [4.69, 9.17) is 4.74 Å². The van der Waals surface area contributed by atoms with Crippen LogP contribution in [-0.4, -0.2) is 48.5 Å². The predicted molar refractivity (Wildman–Crippen MR) is 66.6 cm³/mol. The molecule has 96 valence electrons. The Morgan fingerprint density at radius 3 is 2.69 bits per heavy atom. The second-order valence-electron chi connectivity index (χ2n) is 5.40. The van der Waals surface area contributed by atoms with Crippen molar-refractivity contribution < 1.29 is 9.84 Å². The third-order valence-electron chi connectivity index (χ3n) is 3.47. The SMILES string of the molecule is COCCCCCN1CCCC1C(C)(C)O. The zero-order valence-electron chi connectivity index (χ0n) is 11.0. The van der Waals surface area contributed by atoms with Crippen molar-refractivity contribution in [2.45, 2.75) is 57.6 Å². The first-order chi connectivity index (χ1) is 7.55. The summed E-state index contributed by atoms with van der Waals surface area (Å²) >= 11 is 0. The lowest BCUT2D eigenvalue weighted by molar-refractivity contribution is -0.00288. The van der Waals surface area contributed by atoms with Crippen molar-refractivity contribution in [1.82, 2.24) is 4.90 Å². The van der Waals surface area contributed by atoms with Gasteiger partial charge in [0.25, 0.3) is 0 Å². The van der Waals surface area contributed by atoms with Crippen LogP contribution in [0.15, 0.2) is 0 Å². The van der Waals surface area contributed by atoms with Crippen LogP contribution in [0.25, 0.3) is 0 Å². The molecule has 16 heavy (non-hydrogen) atoms. The average Bonchev–Trinajstić information content (AvgIpc) is 2.65. The van der Waals surface area contributed by atoms with Gasteiger partial charge in [0.2, 0.25) is 0 Å². The minimum absolute atomic E-state index is 0.356. The van der Waals surface area contributed by atoms with Gasteiger partial charge in [-0.15, -0.1) is 0 Å². The highest BCUT2D eigenvalue weighted by Crippen LogP contribution is 2.26. The normalized spacial score (nSPS) is 22.9. The first-order valence-corrected chi connectivity index (χ1v) is 6.51. The second-order valence-corrected chi connectivity index (χ2v) is 5.40. The molecule has 0 bridgehead atoms. The maximum atomic E-state index is 10.1. The number of hydrogen-bond donors (Lipinski definition) is 1. The summed E-state index contributed by atoms with van der Waals surface area (Å²) in [5, 5.41) is 10.1. The molecule has 0 saturated carbocycles. The smallest absolute Gasteiger partial charge is 0.0746 e. The van der Waals surface area contributed by atoms with Crippen LogP contribution in [0, 0.1) is 0 Å². The van der Waals surface area contributed by atoms with E-state index in [0.29, 0.717) is 6.04 Å². The molecule has 1 aliphatic heterocycles. The van der Waals surface area contributed by atoms with Crippen LogP contribution in [0.2, 0.25) is 0 Å². The minimum Gasteiger partial charge on any atom is -0.389 e. The molecule has 0 spiro atoms. The van der Waals surface area contributed by atoms with Crippen molar-refractivity contribution in [2.75, 3.05) is 26.8 Å². The van der Waals surface area contributed by atoms with E-state index in [0.717, 1.165) is 32.5 Å². The fourth-order valence-corrected chi connectivity index (χ4v) is 2.63. The fourth-order valence-electron chi connectivity index (χ4n) is 2.63. The third kappa shape index (κ3) is 4.40. The molecule has 1 fully saturated rings. The number of nitrogens with zero attached hydrogens (tertiary/aromatic N) is 1. The lowest BCUT2D eigenvalue weighted by atomic mass is 9.96. The molecule has 3 heteroatoms. The van der Waals surface area contributed by atoms with Crippen LogP contribution in [-0.2, 0) is 4.74 Å². The molecule has 3 nitrogen and oxygen atoms in total. The summed E-state index contributed by atoms with van der Waals surface area (Å²) in [7, 11) is 1.75. The number of unbranched alkanes of at least 4 members (excludes halogenated alkanes) is 2. The van der Waals surface area contributed by atoms with Crippen LogP contribution in [0.3, 0.4) is 0 Å². The monoisotopic (exact) mass is 229 g/mol. The van der Waals surface area contributed by atoms with Crippen LogP contribution >= 0.6 is 0 Å². The van der Waals surface area contributed by atoms with Gasteiger partial charge in [-0.25, -0.2) is 0 Å². The zero-order chi connectivity index (χ0) is 12.0. The Bertz CT molecular complexity index is 189. The van der Waals surface area contributed by atoms with E-state index in [1.807, 2.05) is 13.8 Å². The maximum absolute atomic E-state index is 10.1. The van der Waals surface area contributed by atoms with Gasteiger partial charge in [-0.05, 0) is 59.0 Å². The Kier molecular flexibility index (Phi) is 5.73. The van der Waals surface area contributed by atoms with Gasteiger partial charge in [0, 0.05) is 19.8 Å². The van der Waals surface area contributed by atoms with Gasteiger partial charge in [0.05, 0.1) is 5.60 Å². The van der Waals surface area contributed by atoms with Crippen molar-refractivity contribution in [1.29, 1.82) is 0 Å². The summed E-state index contributed by atoms with van der Waals surface area (Å²) < 4.78 is 5.04. The molecule has 1 rings (SSSR count). The third-order valence-corrected chi connectivity index (χ3v) is 3.47. The first-order valence-electron chi connectivity index (χ1n) is 6.51. The molecule has 1 heterocycles. The van der Waals surface area contributed by atoms with E-state index in [9.17, 15) is 5.11 Å². The highest BCUT2D eigenvalue weighted by Gasteiger charge is 2.35. The highest BCUT2D eigenvalue weighted by molar-refractivity contribution is 4.90. The van der Waals surface area contributed by atoms with Gasteiger partial charge in [0.1, 0.15) is 0 Å². The molecule has 1 aliphatic rings. The Morgan fingerprint density at radius 2 is 2.06 bits per heavy atom. The molecule has 1 saturated heterocycles. The molecule has 0 aromatic rings. The summed E-state index contributed by atoms with van der Waals surface area (Å²) in [5.74, 6) is 0. The summed E-state index contributed by atoms with van der Waals surface area (Å²) in [6.07, 6.45) is 5.96. The molecule has 0 aliphatic carbocycles. The Hall–Kier alpha value is -0.120. The molecule has 0 radical (unpaired) electrons.